The second kappa shape index (κ2) is 8.98. The molecule has 0 spiro atoms. The molecule has 148 valence electrons. The molecule has 0 saturated carbocycles. The van der Waals surface area contributed by atoms with E-state index in [0.29, 0.717) is 18.7 Å². The first-order valence-electron chi connectivity index (χ1n) is 8.42. The lowest BCUT2D eigenvalue weighted by Gasteiger charge is -2.15. The van der Waals surface area contributed by atoms with E-state index >= 15 is 0 Å². The number of ether oxygens (including phenoxy) is 1. The number of anilines is 1. The Morgan fingerprint density at radius 2 is 1.96 bits per heavy atom. The Morgan fingerprint density at radius 3 is 2.52 bits per heavy atom. The van der Waals surface area contributed by atoms with E-state index < -0.39 is 21.9 Å². The van der Waals surface area contributed by atoms with Crippen LogP contribution in [0, 0.1) is 0 Å². The number of aliphatic hydroxyl groups excluding tert-OH is 1. The van der Waals surface area contributed by atoms with Crippen LogP contribution in [-0.4, -0.2) is 63.7 Å². The van der Waals surface area contributed by atoms with Gasteiger partial charge in [-0.2, -0.15) is 0 Å². The van der Waals surface area contributed by atoms with Crippen molar-refractivity contribution >= 4 is 27.6 Å². The normalized spacial score (nSPS) is 14.6. The standard InChI is InChI=1S/C17H23N3O6S/c1-3-8-18-27(24,25)13-6-4-12(5-7-13)19-15-14(17(23)26-2)11-20(9-10-21)16(15)22/h4-7,18-19,21H,3,8-11H2,1-2H3. The Hall–Kier alpha value is -2.43. The molecule has 0 aromatic heterocycles. The first kappa shape index (κ1) is 20.9. The van der Waals surface area contributed by atoms with Gasteiger partial charge >= 0.3 is 5.97 Å². The topological polar surface area (TPSA) is 125 Å². The fraction of sp³-hybridized carbons (Fsp3) is 0.412. The van der Waals surface area contributed by atoms with Gasteiger partial charge in [0.1, 0.15) is 5.70 Å². The molecule has 0 atom stereocenters. The number of methoxy groups -OCH3 is 1. The summed E-state index contributed by atoms with van der Waals surface area (Å²) in [5.41, 5.74) is 0.646. The van der Waals surface area contributed by atoms with E-state index in [-0.39, 0.29) is 35.9 Å². The minimum absolute atomic E-state index is 0.0296. The number of β-amino-alcohol motifs (C(OH)–C–C–N with tert-alkyl or cyclic N) is 1. The van der Waals surface area contributed by atoms with E-state index in [9.17, 15) is 18.0 Å². The van der Waals surface area contributed by atoms with E-state index in [1.165, 1.54) is 36.3 Å². The third-order valence-corrected chi connectivity index (χ3v) is 5.41. The summed E-state index contributed by atoms with van der Waals surface area (Å²) in [6.07, 6.45) is 0.676. The Labute approximate surface area is 158 Å². The van der Waals surface area contributed by atoms with Gasteiger partial charge < -0.3 is 20.1 Å². The van der Waals surface area contributed by atoms with Crippen LogP contribution in [0.15, 0.2) is 40.4 Å². The molecule has 2 rings (SSSR count). The first-order chi connectivity index (χ1) is 12.8. The molecule has 27 heavy (non-hydrogen) atoms. The number of aliphatic hydroxyl groups is 1. The van der Waals surface area contributed by atoms with Gasteiger partial charge in [-0.15, -0.1) is 0 Å². The number of nitrogens with zero attached hydrogens (tertiary/aromatic N) is 1. The summed E-state index contributed by atoms with van der Waals surface area (Å²) >= 11 is 0. The van der Waals surface area contributed by atoms with Crippen LogP contribution in [0.4, 0.5) is 5.69 Å². The highest BCUT2D eigenvalue weighted by molar-refractivity contribution is 7.89. The highest BCUT2D eigenvalue weighted by Crippen LogP contribution is 2.23. The van der Waals surface area contributed by atoms with Crippen molar-refractivity contribution in [1.82, 2.24) is 9.62 Å². The molecule has 0 fully saturated rings. The van der Waals surface area contributed by atoms with Gasteiger partial charge in [0.25, 0.3) is 5.91 Å². The van der Waals surface area contributed by atoms with Gasteiger partial charge in [-0.1, -0.05) is 6.92 Å². The van der Waals surface area contributed by atoms with Crippen LogP contribution in [0.25, 0.3) is 0 Å². The average Bonchev–Trinajstić information content (AvgIpc) is 2.96. The SMILES string of the molecule is CCCNS(=O)(=O)c1ccc(NC2=C(C(=O)OC)CN(CCO)C2=O)cc1. The van der Waals surface area contributed by atoms with E-state index in [4.69, 9.17) is 9.84 Å². The summed E-state index contributed by atoms with van der Waals surface area (Å²) in [4.78, 5) is 25.8. The zero-order chi connectivity index (χ0) is 20.0. The Balaban J connectivity index is 2.23. The summed E-state index contributed by atoms with van der Waals surface area (Å²) in [6, 6.07) is 5.82. The number of esters is 1. The zero-order valence-corrected chi connectivity index (χ0v) is 16.0. The highest BCUT2D eigenvalue weighted by Gasteiger charge is 2.34. The van der Waals surface area contributed by atoms with Crippen LogP contribution in [-0.2, 0) is 24.3 Å². The molecule has 9 nitrogen and oxygen atoms in total. The molecular formula is C17H23N3O6S. The quantitative estimate of drug-likeness (QED) is 0.503. The number of rotatable bonds is 9. The zero-order valence-electron chi connectivity index (χ0n) is 15.2. The molecule has 1 aromatic rings. The third kappa shape index (κ3) is 4.85. The average molecular weight is 397 g/mol. The minimum atomic E-state index is -3.59. The molecule has 0 radical (unpaired) electrons. The summed E-state index contributed by atoms with van der Waals surface area (Å²) in [7, 11) is -2.37. The van der Waals surface area contributed by atoms with Crippen LogP contribution < -0.4 is 10.0 Å². The predicted octanol–water partition coefficient (Wildman–Crippen LogP) is 0.0484. The Kier molecular flexibility index (Phi) is 6.94. The second-order valence-corrected chi connectivity index (χ2v) is 7.61. The summed E-state index contributed by atoms with van der Waals surface area (Å²) < 4.78 is 31.4. The third-order valence-electron chi connectivity index (χ3n) is 3.93. The molecular weight excluding hydrogens is 374 g/mol. The molecule has 1 heterocycles. The predicted molar refractivity (Wildman–Crippen MR) is 98.3 cm³/mol. The van der Waals surface area contributed by atoms with E-state index in [1.807, 2.05) is 6.92 Å². The Morgan fingerprint density at radius 1 is 1.30 bits per heavy atom. The van der Waals surface area contributed by atoms with Crippen molar-refractivity contribution in [1.29, 1.82) is 0 Å². The maximum atomic E-state index is 12.5. The van der Waals surface area contributed by atoms with Crippen molar-refractivity contribution in [3.63, 3.8) is 0 Å². The number of hydrogen-bond donors (Lipinski definition) is 3. The summed E-state index contributed by atoms with van der Waals surface area (Å²) in [5, 5.41) is 11.9. The molecule has 1 aliphatic rings. The first-order valence-corrected chi connectivity index (χ1v) is 9.90. The number of sulfonamides is 1. The van der Waals surface area contributed by atoms with Gasteiger partial charge in [0, 0.05) is 18.8 Å². The van der Waals surface area contributed by atoms with E-state index in [2.05, 4.69) is 10.0 Å². The van der Waals surface area contributed by atoms with E-state index in [0.717, 1.165) is 0 Å². The largest absolute Gasteiger partial charge is 0.466 e. The lowest BCUT2D eigenvalue weighted by Crippen LogP contribution is -2.31. The van der Waals surface area contributed by atoms with Gasteiger partial charge in [-0.05, 0) is 30.7 Å². The number of carbonyl (C=O) groups excluding carboxylic acids is 2. The van der Waals surface area contributed by atoms with Gasteiger partial charge in [0.15, 0.2) is 0 Å². The molecule has 0 bridgehead atoms. The van der Waals surface area contributed by atoms with Gasteiger partial charge in [-0.25, -0.2) is 17.9 Å². The van der Waals surface area contributed by atoms with Crippen molar-refractivity contribution < 1.29 is 27.9 Å². The van der Waals surface area contributed by atoms with Crippen LogP contribution in [0.2, 0.25) is 0 Å². The van der Waals surface area contributed by atoms with Crippen molar-refractivity contribution in [2.24, 2.45) is 0 Å². The molecule has 1 aliphatic heterocycles. The Bertz CT molecular complexity index is 833. The molecule has 1 amide bonds. The summed E-state index contributed by atoms with van der Waals surface area (Å²) in [6.45, 7) is 2.09. The summed E-state index contributed by atoms with van der Waals surface area (Å²) in [5.74, 6) is -1.08. The molecule has 0 unspecified atom stereocenters. The van der Waals surface area contributed by atoms with Crippen molar-refractivity contribution in [2.45, 2.75) is 18.2 Å². The van der Waals surface area contributed by atoms with Gasteiger partial charge in [-0.3, -0.25) is 4.79 Å². The van der Waals surface area contributed by atoms with Crippen molar-refractivity contribution in [3.05, 3.63) is 35.5 Å². The number of amides is 1. The molecule has 0 saturated heterocycles. The molecule has 10 heteroatoms. The fourth-order valence-electron chi connectivity index (χ4n) is 2.53. The van der Waals surface area contributed by atoms with E-state index in [1.54, 1.807) is 0 Å². The molecule has 0 aliphatic carbocycles. The maximum absolute atomic E-state index is 12.5. The fourth-order valence-corrected chi connectivity index (χ4v) is 3.66. The smallest absolute Gasteiger partial charge is 0.337 e. The minimum Gasteiger partial charge on any atom is -0.466 e. The van der Waals surface area contributed by atoms with Gasteiger partial charge in [0.2, 0.25) is 10.0 Å². The van der Waals surface area contributed by atoms with Crippen molar-refractivity contribution in [3.8, 4) is 0 Å². The maximum Gasteiger partial charge on any atom is 0.337 e. The molecule has 1 aromatic carbocycles. The van der Waals surface area contributed by atoms with Crippen LogP contribution in [0.5, 0.6) is 0 Å². The molecule has 3 N–H and O–H groups in total. The second-order valence-electron chi connectivity index (χ2n) is 5.84. The van der Waals surface area contributed by atoms with Crippen LogP contribution in [0.3, 0.4) is 0 Å². The lowest BCUT2D eigenvalue weighted by molar-refractivity contribution is -0.136. The van der Waals surface area contributed by atoms with Gasteiger partial charge in [0.05, 0.1) is 30.7 Å². The van der Waals surface area contributed by atoms with Crippen LogP contribution >= 0.6 is 0 Å². The lowest BCUT2D eigenvalue weighted by atomic mass is 10.2. The highest BCUT2D eigenvalue weighted by atomic mass is 32.2. The number of hydrogen-bond acceptors (Lipinski definition) is 7. The number of carbonyl (C=O) groups is 2. The van der Waals surface area contributed by atoms with Crippen LogP contribution in [0.1, 0.15) is 13.3 Å². The number of nitrogens with one attached hydrogen (secondary N) is 2. The number of benzene rings is 1. The monoisotopic (exact) mass is 397 g/mol. The van der Waals surface area contributed by atoms with Crippen molar-refractivity contribution in [2.75, 3.05) is 38.7 Å².